The highest BCUT2D eigenvalue weighted by molar-refractivity contribution is 5.90. The van der Waals surface area contributed by atoms with Crippen molar-refractivity contribution in [3.63, 3.8) is 0 Å². The average Bonchev–Trinajstić information content (AvgIpc) is 3.09. The Hall–Kier alpha value is -1.47. The lowest BCUT2D eigenvalue weighted by Crippen LogP contribution is -2.47. The molecule has 27 heavy (non-hydrogen) atoms. The highest BCUT2D eigenvalue weighted by atomic mass is 16.7. The predicted octanol–water partition coefficient (Wildman–Crippen LogP) is 3.21. The van der Waals surface area contributed by atoms with E-state index in [1.807, 2.05) is 32.0 Å². The largest absolute Gasteiger partial charge is 0.382 e. The fourth-order valence-electron chi connectivity index (χ4n) is 3.54. The van der Waals surface area contributed by atoms with Gasteiger partial charge in [-0.15, -0.1) is 0 Å². The molecule has 2 aliphatic rings. The topological polar surface area (TPSA) is 52.5 Å². The van der Waals surface area contributed by atoms with Crippen LogP contribution in [0.4, 0.5) is 0 Å². The summed E-state index contributed by atoms with van der Waals surface area (Å²) in [5.74, 6) is -0.597. The Balaban J connectivity index is 1.57. The third kappa shape index (κ3) is 6.01. The van der Waals surface area contributed by atoms with E-state index in [0.717, 1.165) is 31.5 Å². The third-order valence-corrected chi connectivity index (χ3v) is 4.96. The molecule has 0 radical (unpaired) electrons. The van der Waals surface area contributed by atoms with E-state index in [4.69, 9.17) is 24.0 Å². The summed E-state index contributed by atoms with van der Waals surface area (Å²) < 4.78 is 23.2. The van der Waals surface area contributed by atoms with Gasteiger partial charge in [0.15, 0.2) is 5.79 Å². The van der Waals surface area contributed by atoms with Crippen molar-refractivity contribution >= 4 is 5.71 Å². The summed E-state index contributed by atoms with van der Waals surface area (Å²) in [5, 5.41) is 7.02. The van der Waals surface area contributed by atoms with E-state index < -0.39 is 5.79 Å². The Morgan fingerprint density at radius 1 is 1.26 bits per heavy atom. The second-order valence-electron chi connectivity index (χ2n) is 7.63. The van der Waals surface area contributed by atoms with E-state index in [1.165, 1.54) is 5.56 Å². The van der Waals surface area contributed by atoms with Crippen molar-refractivity contribution in [2.75, 3.05) is 33.5 Å². The number of benzene rings is 1. The van der Waals surface area contributed by atoms with Crippen LogP contribution in [0, 0.1) is 0 Å². The van der Waals surface area contributed by atoms with Gasteiger partial charge in [0, 0.05) is 26.7 Å². The number of ether oxygens (including phenoxy) is 4. The molecule has 1 aromatic rings. The maximum Gasteiger partial charge on any atom is 0.164 e. The van der Waals surface area contributed by atoms with E-state index >= 15 is 0 Å². The van der Waals surface area contributed by atoms with Crippen LogP contribution >= 0.6 is 0 Å². The number of hydrogen-bond donors (Lipinski definition) is 0. The van der Waals surface area contributed by atoms with Crippen LogP contribution in [0.2, 0.25) is 0 Å². The lowest BCUT2D eigenvalue weighted by molar-refractivity contribution is -0.237. The molecule has 1 aromatic carbocycles. The number of nitrogens with zero attached hydrogens (tertiary/aromatic N) is 2. The fraction of sp³-hybridized carbons (Fsp3) is 0.667. The molecule has 0 saturated carbocycles. The lowest BCUT2D eigenvalue weighted by atomic mass is 10.1. The molecule has 2 heterocycles. The second kappa shape index (κ2) is 9.64. The molecular formula is C21H32N2O4. The van der Waals surface area contributed by atoms with Gasteiger partial charge in [0.25, 0.3) is 0 Å². The van der Waals surface area contributed by atoms with Crippen molar-refractivity contribution in [1.82, 2.24) is 5.01 Å². The zero-order chi connectivity index (χ0) is 19.1. The highest BCUT2D eigenvalue weighted by Crippen LogP contribution is 2.25. The SMILES string of the molecule is COC[C@@H]1CCCN1/N=C1\COC(C)(C)O[C@@H]1CCOCc1ccccc1. The van der Waals surface area contributed by atoms with Crippen LogP contribution in [0.5, 0.6) is 0 Å². The van der Waals surface area contributed by atoms with Crippen molar-refractivity contribution in [2.24, 2.45) is 5.10 Å². The summed E-state index contributed by atoms with van der Waals surface area (Å²) in [4.78, 5) is 0. The smallest absolute Gasteiger partial charge is 0.164 e. The molecule has 2 saturated heterocycles. The number of rotatable bonds is 8. The molecule has 0 aliphatic carbocycles. The maximum absolute atomic E-state index is 6.15. The molecule has 0 unspecified atom stereocenters. The molecule has 3 rings (SSSR count). The van der Waals surface area contributed by atoms with Crippen LogP contribution in [0.1, 0.15) is 38.7 Å². The summed E-state index contributed by atoms with van der Waals surface area (Å²) in [6.07, 6.45) is 2.93. The Kier molecular flexibility index (Phi) is 7.24. The van der Waals surface area contributed by atoms with E-state index in [2.05, 4.69) is 17.1 Å². The highest BCUT2D eigenvalue weighted by Gasteiger charge is 2.35. The van der Waals surface area contributed by atoms with Crippen molar-refractivity contribution in [3.8, 4) is 0 Å². The molecule has 2 aliphatic heterocycles. The first-order valence-corrected chi connectivity index (χ1v) is 9.84. The lowest BCUT2D eigenvalue weighted by Gasteiger charge is -2.37. The average molecular weight is 376 g/mol. The van der Waals surface area contributed by atoms with Crippen molar-refractivity contribution in [1.29, 1.82) is 0 Å². The molecule has 6 heteroatoms. The van der Waals surface area contributed by atoms with Crippen LogP contribution < -0.4 is 0 Å². The first-order chi connectivity index (χ1) is 13.1. The fourth-order valence-corrected chi connectivity index (χ4v) is 3.54. The first kappa shape index (κ1) is 20.3. The van der Waals surface area contributed by atoms with Gasteiger partial charge in [-0.1, -0.05) is 30.3 Å². The summed E-state index contributed by atoms with van der Waals surface area (Å²) in [7, 11) is 1.74. The molecule has 0 bridgehead atoms. The van der Waals surface area contributed by atoms with E-state index in [-0.39, 0.29) is 6.10 Å². The van der Waals surface area contributed by atoms with Gasteiger partial charge >= 0.3 is 0 Å². The Morgan fingerprint density at radius 3 is 2.85 bits per heavy atom. The third-order valence-electron chi connectivity index (χ3n) is 4.96. The number of hydrazone groups is 1. The molecule has 2 atom stereocenters. The standard InChI is InChI=1S/C21H32N2O4/c1-21(2)26-16-19(22-23-12-7-10-18(23)15-24-3)20(27-21)11-13-25-14-17-8-5-4-6-9-17/h4-6,8-9,18,20H,7,10-16H2,1-3H3/b22-19+/t18-,20+/m0/s1. The van der Waals surface area contributed by atoms with Gasteiger partial charge in [0.1, 0.15) is 6.10 Å². The van der Waals surface area contributed by atoms with Gasteiger partial charge in [0.2, 0.25) is 0 Å². The minimum Gasteiger partial charge on any atom is -0.382 e. The molecule has 0 amide bonds. The Morgan fingerprint density at radius 2 is 2.07 bits per heavy atom. The predicted molar refractivity (Wildman–Crippen MR) is 105 cm³/mol. The summed E-state index contributed by atoms with van der Waals surface area (Å²) in [5.41, 5.74) is 2.12. The van der Waals surface area contributed by atoms with Crippen LogP contribution in [0.3, 0.4) is 0 Å². The molecule has 150 valence electrons. The second-order valence-corrected chi connectivity index (χ2v) is 7.63. The van der Waals surface area contributed by atoms with Crippen LogP contribution in [-0.2, 0) is 25.6 Å². The normalized spacial score (nSPS) is 26.6. The van der Waals surface area contributed by atoms with Crippen LogP contribution in [0.25, 0.3) is 0 Å². The Bertz CT molecular complexity index is 605. The van der Waals surface area contributed by atoms with E-state index in [9.17, 15) is 0 Å². The van der Waals surface area contributed by atoms with Crippen LogP contribution in [-0.4, -0.2) is 62.1 Å². The van der Waals surface area contributed by atoms with Crippen molar-refractivity contribution in [3.05, 3.63) is 35.9 Å². The van der Waals surface area contributed by atoms with Crippen molar-refractivity contribution in [2.45, 2.75) is 57.6 Å². The Labute approximate surface area is 162 Å². The number of methoxy groups -OCH3 is 1. The zero-order valence-corrected chi connectivity index (χ0v) is 16.7. The molecule has 0 aromatic heterocycles. The first-order valence-electron chi connectivity index (χ1n) is 9.84. The summed E-state index contributed by atoms with van der Waals surface area (Å²) in [6.45, 7) is 7.29. The van der Waals surface area contributed by atoms with Gasteiger partial charge in [0.05, 0.1) is 31.6 Å². The number of hydrogen-bond acceptors (Lipinski definition) is 6. The molecule has 0 N–H and O–H groups in total. The summed E-state index contributed by atoms with van der Waals surface area (Å²) in [6, 6.07) is 10.6. The van der Waals surface area contributed by atoms with Gasteiger partial charge < -0.3 is 18.9 Å². The minimum atomic E-state index is -0.597. The minimum absolute atomic E-state index is 0.0895. The van der Waals surface area contributed by atoms with E-state index in [1.54, 1.807) is 7.11 Å². The van der Waals surface area contributed by atoms with E-state index in [0.29, 0.717) is 32.5 Å². The van der Waals surface area contributed by atoms with Crippen LogP contribution in [0.15, 0.2) is 35.4 Å². The maximum atomic E-state index is 6.15. The molecule has 0 spiro atoms. The van der Waals surface area contributed by atoms with Crippen molar-refractivity contribution < 1.29 is 18.9 Å². The van der Waals surface area contributed by atoms with Gasteiger partial charge in [-0.3, -0.25) is 5.01 Å². The quantitative estimate of drug-likeness (QED) is 0.652. The molecular weight excluding hydrogens is 344 g/mol. The zero-order valence-electron chi connectivity index (χ0n) is 16.7. The van der Waals surface area contributed by atoms with Gasteiger partial charge in [-0.25, -0.2) is 0 Å². The molecule has 6 nitrogen and oxygen atoms in total. The summed E-state index contributed by atoms with van der Waals surface area (Å²) >= 11 is 0. The van der Waals surface area contributed by atoms with Gasteiger partial charge in [-0.05, 0) is 32.3 Å². The monoisotopic (exact) mass is 376 g/mol. The van der Waals surface area contributed by atoms with Gasteiger partial charge in [-0.2, -0.15) is 5.10 Å². The molecule has 2 fully saturated rings.